The van der Waals surface area contributed by atoms with Gasteiger partial charge in [0.1, 0.15) is 13.1 Å². The zero-order chi connectivity index (χ0) is 30.4. The molecule has 6 rings (SSSR count). The lowest BCUT2D eigenvalue weighted by Crippen LogP contribution is -2.38. The molecule has 2 aromatic carbocycles. The van der Waals surface area contributed by atoms with E-state index in [1.165, 1.54) is 147 Å². The van der Waals surface area contributed by atoms with E-state index in [9.17, 15) is 0 Å². The molecule has 0 spiro atoms. The van der Waals surface area contributed by atoms with Crippen molar-refractivity contribution in [3.63, 3.8) is 0 Å². The molecule has 4 bridgehead atoms. The summed E-state index contributed by atoms with van der Waals surface area (Å²) >= 11 is 0. The van der Waals surface area contributed by atoms with Crippen LogP contribution >= 0.6 is 0 Å². The molecule has 4 heteroatoms. The summed E-state index contributed by atoms with van der Waals surface area (Å²) in [4.78, 5) is 0. The van der Waals surface area contributed by atoms with Crippen molar-refractivity contribution in [2.45, 2.75) is 130 Å². The van der Waals surface area contributed by atoms with E-state index in [-0.39, 0.29) is 0 Å². The molecule has 0 unspecified atom stereocenters. The molecule has 2 aromatic heterocycles. The number of hydrogen-bond donors (Lipinski definition) is 2. The molecular weight excluding hydrogens is 536 g/mol. The number of para-hydroxylation sites is 2. The van der Waals surface area contributed by atoms with Crippen LogP contribution in [0.25, 0.3) is 21.8 Å². The van der Waals surface area contributed by atoms with Crippen LogP contribution in [0.15, 0.2) is 60.7 Å². The van der Waals surface area contributed by atoms with E-state index in [0.717, 1.165) is 26.2 Å². The smallest absolute Gasteiger partial charge is 0.214 e. The van der Waals surface area contributed by atoms with E-state index in [1.807, 2.05) is 0 Å². The van der Waals surface area contributed by atoms with Crippen LogP contribution in [0, 0.1) is 13.8 Å². The Kier molecular flexibility index (Phi) is 12.7. The van der Waals surface area contributed by atoms with E-state index < -0.39 is 0 Å². The molecule has 236 valence electrons. The third kappa shape index (κ3) is 8.96. The highest BCUT2D eigenvalue weighted by atomic mass is 15.0. The number of nitrogens with one attached hydrogen (secondary N) is 2. The topological polar surface area (TPSA) is 31.8 Å². The number of pyridine rings is 2. The van der Waals surface area contributed by atoms with Gasteiger partial charge in [0.25, 0.3) is 0 Å². The van der Waals surface area contributed by atoms with Gasteiger partial charge in [0.2, 0.25) is 11.0 Å². The van der Waals surface area contributed by atoms with Crippen molar-refractivity contribution in [3.8, 4) is 0 Å². The first-order valence-corrected chi connectivity index (χ1v) is 18.0. The number of aromatic nitrogens is 2. The lowest BCUT2D eigenvalue weighted by Gasteiger charge is -2.12. The molecule has 0 fully saturated rings. The van der Waals surface area contributed by atoms with Gasteiger partial charge in [0.15, 0.2) is 11.4 Å². The molecule has 0 atom stereocenters. The fourth-order valence-corrected chi connectivity index (χ4v) is 7.23. The summed E-state index contributed by atoms with van der Waals surface area (Å²) in [7, 11) is 0. The maximum absolute atomic E-state index is 3.80. The van der Waals surface area contributed by atoms with E-state index in [0.29, 0.717) is 0 Å². The lowest BCUT2D eigenvalue weighted by atomic mass is 10.1. The van der Waals surface area contributed by atoms with Crippen LogP contribution in [0.3, 0.4) is 0 Å². The fourth-order valence-electron chi connectivity index (χ4n) is 7.23. The van der Waals surface area contributed by atoms with Crippen LogP contribution in [0.2, 0.25) is 0 Å². The molecule has 0 radical (unpaired) electrons. The average molecular weight is 595 g/mol. The van der Waals surface area contributed by atoms with E-state index >= 15 is 0 Å². The fraction of sp³-hybridized carbons (Fsp3) is 0.550. The second-order valence-electron chi connectivity index (χ2n) is 13.2. The Morgan fingerprint density at radius 3 is 1.18 bits per heavy atom. The normalized spacial score (nSPS) is 17.7. The number of rotatable bonds is 0. The predicted molar refractivity (Wildman–Crippen MR) is 189 cm³/mol. The number of nitrogens with zero attached hydrogens (tertiary/aromatic N) is 2. The molecule has 0 saturated carbocycles. The Balaban J connectivity index is 1.18. The van der Waals surface area contributed by atoms with Crippen molar-refractivity contribution in [2.75, 3.05) is 23.7 Å². The minimum absolute atomic E-state index is 1.06. The van der Waals surface area contributed by atoms with Gasteiger partial charge in [-0.2, -0.15) is 9.13 Å². The lowest BCUT2D eigenvalue weighted by molar-refractivity contribution is -0.678. The maximum Gasteiger partial charge on any atom is 0.214 e. The third-order valence-electron chi connectivity index (χ3n) is 9.78. The minimum Gasteiger partial charge on any atom is -0.384 e. The molecule has 0 saturated heterocycles. The van der Waals surface area contributed by atoms with Gasteiger partial charge in [0.05, 0.1) is 22.1 Å². The quantitative estimate of drug-likeness (QED) is 0.199. The molecule has 4 heterocycles. The van der Waals surface area contributed by atoms with Crippen LogP contribution in [0.4, 0.5) is 11.4 Å². The summed E-state index contributed by atoms with van der Waals surface area (Å²) in [5, 5.41) is 10.3. The summed E-state index contributed by atoms with van der Waals surface area (Å²) in [6.45, 7) is 8.93. The first-order chi connectivity index (χ1) is 21.7. The van der Waals surface area contributed by atoms with E-state index in [1.54, 1.807) is 0 Å². The molecule has 2 aliphatic heterocycles. The Morgan fingerprint density at radius 2 is 0.773 bits per heavy atom. The Morgan fingerprint density at radius 1 is 0.432 bits per heavy atom. The largest absolute Gasteiger partial charge is 0.384 e. The van der Waals surface area contributed by atoms with Crippen LogP contribution in [-0.2, 0) is 13.1 Å². The summed E-state index contributed by atoms with van der Waals surface area (Å²) < 4.78 is 5.09. The van der Waals surface area contributed by atoms with Crippen LogP contribution < -0.4 is 19.8 Å². The molecular formula is C40H58N4+2. The molecule has 2 N–H and O–H groups in total. The molecule has 2 aliphatic rings. The minimum atomic E-state index is 1.06. The number of anilines is 2. The molecule has 0 amide bonds. The monoisotopic (exact) mass is 594 g/mol. The zero-order valence-electron chi connectivity index (χ0n) is 27.8. The van der Waals surface area contributed by atoms with Gasteiger partial charge in [-0.3, -0.25) is 0 Å². The third-order valence-corrected chi connectivity index (χ3v) is 9.78. The molecule has 4 nitrogen and oxygen atoms in total. The van der Waals surface area contributed by atoms with Crippen molar-refractivity contribution < 1.29 is 9.13 Å². The van der Waals surface area contributed by atoms with Gasteiger partial charge in [-0.1, -0.05) is 88.5 Å². The van der Waals surface area contributed by atoms with Crippen molar-refractivity contribution in [2.24, 2.45) is 0 Å². The van der Waals surface area contributed by atoms with Gasteiger partial charge >= 0.3 is 0 Å². The second-order valence-corrected chi connectivity index (χ2v) is 13.2. The van der Waals surface area contributed by atoms with Gasteiger partial charge in [-0.05, 0) is 37.8 Å². The van der Waals surface area contributed by atoms with Gasteiger partial charge < -0.3 is 10.6 Å². The highest BCUT2D eigenvalue weighted by Gasteiger charge is 2.17. The molecule has 0 aliphatic carbocycles. The average Bonchev–Trinajstić information content (AvgIpc) is 3.04. The standard InChI is InChI=1S/C40H56N4/c1-33-31-37-35-23-15-17-25-39(35)43(33)29-21-13-9-5-3-8-12-20-28-42-38-32-34(2)44(40-26-18-16-24-36(38)40)30-22-14-10-6-4-7-11-19-27-41-37/h15-18,23-26,31-32H,3-14,19-22,27-30H2,1-2H3/p+2. The SMILES string of the molecule is Cc1cc2c3ccccc3[n+]1CCCCCCCCCCNc1cc(C)[n+](c3ccccc13)CCCCCCCCCCN2. The van der Waals surface area contributed by atoms with Crippen LogP contribution in [0.1, 0.15) is 114 Å². The first kappa shape index (κ1) is 32.3. The van der Waals surface area contributed by atoms with Crippen molar-refractivity contribution in [1.29, 1.82) is 0 Å². The van der Waals surface area contributed by atoms with E-state index in [4.69, 9.17) is 0 Å². The van der Waals surface area contributed by atoms with Crippen molar-refractivity contribution in [3.05, 3.63) is 72.1 Å². The van der Waals surface area contributed by atoms with Crippen LogP contribution in [-0.4, -0.2) is 13.1 Å². The Labute approximate surface area is 267 Å². The highest BCUT2D eigenvalue weighted by molar-refractivity contribution is 5.90. The summed E-state index contributed by atoms with van der Waals surface area (Å²) in [6.07, 6.45) is 21.2. The summed E-state index contributed by atoms with van der Waals surface area (Å²) in [6, 6.07) is 22.7. The summed E-state index contributed by atoms with van der Waals surface area (Å²) in [5.74, 6) is 0. The number of aryl methyl sites for hydroxylation is 4. The second kappa shape index (κ2) is 17.4. The Bertz CT molecular complexity index is 1350. The molecule has 4 aromatic rings. The predicted octanol–water partition coefficient (Wildman–Crippen LogP) is 9.96. The molecule has 44 heavy (non-hydrogen) atoms. The highest BCUT2D eigenvalue weighted by Crippen LogP contribution is 2.24. The summed E-state index contributed by atoms with van der Waals surface area (Å²) in [5.41, 5.74) is 8.11. The van der Waals surface area contributed by atoms with E-state index in [2.05, 4.69) is 94.3 Å². The number of hydrogen-bond acceptors (Lipinski definition) is 2. The number of fused-ring (bicyclic) bond motifs is 22. The van der Waals surface area contributed by atoms with Gasteiger partial charge in [-0.25, -0.2) is 0 Å². The van der Waals surface area contributed by atoms with Gasteiger partial charge in [-0.15, -0.1) is 0 Å². The number of benzene rings is 2. The maximum atomic E-state index is 3.80. The first-order valence-electron chi connectivity index (χ1n) is 18.0. The van der Waals surface area contributed by atoms with Crippen LogP contribution in [0.5, 0.6) is 0 Å². The van der Waals surface area contributed by atoms with Crippen molar-refractivity contribution in [1.82, 2.24) is 0 Å². The van der Waals surface area contributed by atoms with Gasteiger partial charge in [0, 0.05) is 64.0 Å². The van der Waals surface area contributed by atoms with Crippen molar-refractivity contribution >= 4 is 33.2 Å². The zero-order valence-corrected chi connectivity index (χ0v) is 27.8. The Hall–Kier alpha value is -3.14.